The Bertz CT molecular complexity index is 376. The van der Waals surface area contributed by atoms with Gasteiger partial charge in [-0.1, -0.05) is 6.07 Å². The maximum absolute atomic E-state index is 12.6. The second-order valence-corrected chi connectivity index (χ2v) is 4.11. The summed E-state index contributed by atoms with van der Waals surface area (Å²) in [4.78, 5) is 4.06. The molecular weight excluding hydrogens is 217 g/mol. The molecule has 2 unspecified atom stereocenters. The van der Waals surface area contributed by atoms with Gasteiger partial charge in [0.15, 0.2) is 0 Å². The molecule has 0 radical (unpaired) electrons. The molecule has 0 saturated carbocycles. The first-order valence-corrected chi connectivity index (χ1v) is 5.26. The zero-order chi connectivity index (χ0) is 11.8. The summed E-state index contributed by atoms with van der Waals surface area (Å²) in [7, 11) is 0. The SMILES string of the molecule is NC(C1CCCc2cccnc21)C(F)(F)F. The molecule has 1 aromatic heterocycles. The van der Waals surface area contributed by atoms with Gasteiger partial charge in [-0.25, -0.2) is 0 Å². The van der Waals surface area contributed by atoms with Crippen LogP contribution in [-0.4, -0.2) is 17.2 Å². The van der Waals surface area contributed by atoms with Gasteiger partial charge in [0.05, 0.1) is 0 Å². The van der Waals surface area contributed by atoms with Crippen LogP contribution >= 0.6 is 0 Å². The molecule has 1 aromatic rings. The van der Waals surface area contributed by atoms with Crippen LogP contribution in [0.1, 0.15) is 30.0 Å². The molecule has 0 bridgehead atoms. The predicted octanol–water partition coefficient (Wildman–Crippen LogP) is 2.39. The van der Waals surface area contributed by atoms with E-state index in [2.05, 4.69) is 4.98 Å². The van der Waals surface area contributed by atoms with Crippen LogP contribution < -0.4 is 5.73 Å². The zero-order valence-corrected chi connectivity index (χ0v) is 8.67. The van der Waals surface area contributed by atoms with Crippen LogP contribution in [0.2, 0.25) is 0 Å². The molecule has 2 atom stereocenters. The third kappa shape index (κ3) is 2.04. The molecular formula is C11H13F3N2. The average Bonchev–Trinajstić information content (AvgIpc) is 2.26. The number of hydrogen-bond acceptors (Lipinski definition) is 2. The molecule has 0 saturated heterocycles. The number of aromatic nitrogens is 1. The Hall–Kier alpha value is -1.10. The molecule has 1 aliphatic rings. The lowest BCUT2D eigenvalue weighted by Crippen LogP contribution is -2.43. The Labute approximate surface area is 91.7 Å². The standard InChI is InChI=1S/C11H13F3N2/c12-11(13,14)10(15)8-5-1-3-7-4-2-6-16-9(7)8/h2,4,6,8,10H,1,3,5,15H2. The summed E-state index contributed by atoms with van der Waals surface area (Å²) in [6, 6.07) is 1.78. The van der Waals surface area contributed by atoms with E-state index in [-0.39, 0.29) is 0 Å². The molecule has 16 heavy (non-hydrogen) atoms. The summed E-state index contributed by atoms with van der Waals surface area (Å²) >= 11 is 0. The van der Waals surface area contributed by atoms with Crippen molar-refractivity contribution >= 4 is 0 Å². The van der Waals surface area contributed by atoms with E-state index in [1.807, 2.05) is 6.07 Å². The molecule has 0 aromatic carbocycles. The molecule has 2 nitrogen and oxygen atoms in total. The summed E-state index contributed by atoms with van der Waals surface area (Å²) in [5.41, 5.74) is 6.70. The fourth-order valence-electron chi connectivity index (χ4n) is 2.22. The second kappa shape index (κ2) is 4.05. The topological polar surface area (TPSA) is 38.9 Å². The lowest BCUT2D eigenvalue weighted by molar-refractivity contribution is -0.153. The van der Waals surface area contributed by atoms with E-state index in [1.54, 1.807) is 6.07 Å². The first-order valence-electron chi connectivity index (χ1n) is 5.26. The molecule has 88 valence electrons. The number of halogens is 3. The van der Waals surface area contributed by atoms with Crippen LogP contribution in [0.3, 0.4) is 0 Å². The van der Waals surface area contributed by atoms with Crippen molar-refractivity contribution in [3.8, 4) is 0 Å². The molecule has 5 heteroatoms. The quantitative estimate of drug-likeness (QED) is 0.804. The first kappa shape index (κ1) is 11.4. The smallest absolute Gasteiger partial charge is 0.320 e. The monoisotopic (exact) mass is 230 g/mol. The molecule has 0 aliphatic heterocycles. The highest BCUT2D eigenvalue weighted by atomic mass is 19.4. The van der Waals surface area contributed by atoms with E-state index in [9.17, 15) is 13.2 Å². The second-order valence-electron chi connectivity index (χ2n) is 4.11. The van der Waals surface area contributed by atoms with Crippen LogP contribution in [0, 0.1) is 0 Å². The van der Waals surface area contributed by atoms with E-state index < -0.39 is 18.1 Å². The van der Waals surface area contributed by atoms with Gasteiger partial charge in [0.25, 0.3) is 0 Å². The van der Waals surface area contributed by atoms with Crippen LogP contribution in [0.25, 0.3) is 0 Å². The lowest BCUT2D eigenvalue weighted by atomic mass is 9.82. The van der Waals surface area contributed by atoms with Crippen LogP contribution in [0.15, 0.2) is 18.3 Å². The number of pyridine rings is 1. The van der Waals surface area contributed by atoms with Gasteiger partial charge in [0.2, 0.25) is 0 Å². The van der Waals surface area contributed by atoms with E-state index >= 15 is 0 Å². The van der Waals surface area contributed by atoms with Gasteiger partial charge in [-0.3, -0.25) is 4.98 Å². The Morgan fingerprint density at radius 1 is 1.44 bits per heavy atom. The van der Waals surface area contributed by atoms with Gasteiger partial charge >= 0.3 is 6.18 Å². The van der Waals surface area contributed by atoms with E-state index in [0.717, 1.165) is 18.4 Å². The third-order valence-electron chi connectivity index (χ3n) is 3.05. The Morgan fingerprint density at radius 2 is 2.19 bits per heavy atom. The van der Waals surface area contributed by atoms with Crippen molar-refractivity contribution in [2.45, 2.75) is 37.4 Å². The lowest BCUT2D eigenvalue weighted by Gasteiger charge is -2.30. The van der Waals surface area contributed by atoms with E-state index in [1.165, 1.54) is 6.20 Å². The highest BCUT2D eigenvalue weighted by Crippen LogP contribution is 2.37. The number of rotatable bonds is 1. The maximum atomic E-state index is 12.6. The van der Waals surface area contributed by atoms with Crippen LogP contribution in [-0.2, 0) is 6.42 Å². The number of hydrogen-bond donors (Lipinski definition) is 1. The number of nitrogens with zero attached hydrogens (tertiary/aromatic N) is 1. The van der Waals surface area contributed by atoms with Gasteiger partial charge < -0.3 is 5.73 Å². The van der Waals surface area contributed by atoms with E-state index in [4.69, 9.17) is 5.73 Å². The van der Waals surface area contributed by atoms with Crippen LogP contribution in [0.4, 0.5) is 13.2 Å². The highest BCUT2D eigenvalue weighted by molar-refractivity contribution is 5.27. The van der Waals surface area contributed by atoms with Gasteiger partial charge in [0.1, 0.15) is 6.04 Å². The molecule has 0 spiro atoms. The summed E-state index contributed by atoms with van der Waals surface area (Å²) in [5.74, 6) is -0.690. The molecule has 2 rings (SSSR count). The van der Waals surface area contributed by atoms with Gasteiger partial charge in [-0.2, -0.15) is 13.2 Å². The van der Waals surface area contributed by atoms with Crippen molar-refractivity contribution in [3.05, 3.63) is 29.6 Å². The largest absolute Gasteiger partial charge is 0.404 e. The fraction of sp³-hybridized carbons (Fsp3) is 0.545. The van der Waals surface area contributed by atoms with Crippen molar-refractivity contribution in [2.75, 3.05) is 0 Å². The molecule has 0 fully saturated rings. The molecule has 2 N–H and O–H groups in total. The van der Waals surface area contributed by atoms with Crippen molar-refractivity contribution in [1.29, 1.82) is 0 Å². The minimum Gasteiger partial charge on any atom is -0.320 e. The Balaban J connectivity index is 2.32. The van der Waals surface area contributed by atoms with Crippen molar-refractivity contribution in [2.24, 2.45) is 5.73 Å². The van der Waals surface area contributed by atoms with Crippen molar-refractivity contribution in [3.63, 3.8) is 0 Å². The minimum absolute atomic E-state index is 0.463. The van der Waals surface area contributed by atoms with Crippen molar-refractivity contribution < 1.29 is 13.2 Å². The van der Waals surface area contributed by atoms with Crippen molar-refractivity contribution in [1.82, 2.24) is 4.98 Å². The normalized spacial score (nSPS) is 22.6. The molecule has 1 aliphatic carbocycles. The van der Waals surface area contributed by atoms with Gasteiger partial charge in [-0.15, -0.1) is 0 Å². The zero-order valence-electron chi connectivity index (χ0n) is 8.67. The summed E-state index contributed by atoms with van der Waals surface area (Å²) in [5, 5.41) is 0. The highest BCUT2D eigenvalue weighted by Gasteiger charge is 2.44. The molecule has 1 heterocycles. The maximum Gasteiger partial charge on any atom is 0.404 e. The predicted molar refractivity (Wildman–Crippen MR) is 53.9 cm³/mol. The fourth-order valence-corrected chi connectivity index (χ4v) is 2.22. The van der Waals surface area contributed by atoms with E-state index in [0.29, 0.717) is 12.1 Å². The van der Waals surface area contributed by atoms with Crippen LogP contribution in [0.5, 0.6) is 0 Å². The number of aryl methyl sites for hydroxylation is 1. The summed E-state index contributed by atoms with van der Waals surface area (Å²) in [6.45, 7) is 0. The Kier molecular flexibility index (Phi) is 2.88. The number of nitrogens with two attached hydrogens (primary N) is 1. The first-order chi connectivity index (χ1) is 7.50. The number of fused-ring (bicyclic) bond motifs is 1. The summed E-state index contributed by atoms with van der Waals surface area (Å²) < 4.78 is 37.7. The average molecular weight is 230 g/mol. The van der Waals surface area contributed by atoms with Gasteiger partial charge in [-0.05, 0) is 30.9 Å². The third-order valence-corrected chi connectivity index (χ3v) is 3.05. The Morgan fingerprint density at radius 3 is 2.88 bits per heavy atom. The minimum atomic E-state index is -4.35. The number of alkyl halides is 3. The summed E-state index contributed by atoms with van der Waals surface area (Å²) in [6.07, 6.45) is -0.820. The molecule has 0 amide bonds. The van der Waals surface area contributed by atoms with Gasteiger partial charge in [0, 0.05) is 17.8 Å².